The number of H-pyrrole nitrogens is 1. The molecule has 0 fully saturated rings. The number of fused-ring (bicyclic) bond motifs is 1. The summed E-state index contributed by atoms with van der Waals surface area (Å²) in [7, 11) is 0. The Morgan fingerprint density at radius 1 is 1.44 bits per heavy atom. The summed E-state index contributed by atoms with van der Waals surface area (Å²) in [6.07, 6.45) is -1.10. The maximum absolute atomic E-state index is 11.9. The first kappa shape index (κ1) is 13.0. The molecule has 4 nitrogen and oxygen atoms in total. The van der Waals surface area contributed by atoms with E-state index < -0.39 is 12.8 Å². The number of nitrogens with one attached hydrogen (secondary N) is 1. The van der Waals surface area contributed by atoms with Crippen LogP contribution in [-0.4, -0.2) is 33.9 Å². The van der Waals surface area contributed by atoms with Crippen LogP contribution in [0.25, 0.3) is 11.0 Å². The zero-order chi connectivity index (χ0) is 13.2. The monoisotopic (exact) mass is 277 g/mol. The second kappa shape index (κ2) is 5.07. The van der Waals surface area contributed by atoms with Gasteiger partial charge in [-0.15, -0.1) is 0 Å². The van der Waals surface area contributed by atoms with E-state index in [2.05, 4.69) is 14.7 Å². The van der Waals surface area contributed by atoms with Crippen LogP contribution < -0.4 is 0 Å². The summed E-state index contributed by atoms with van der Waals surface area (Å²) < 4.78 is 42.3. The molecule has 98 valence electrons. The average molecular weight is 277 g/mol. The van der Waals surface area contributed by atoms with Gasteiger partial charge in [0.2, 0.25) is 0 Å². The number of alkyl halides is 3. The summed E-state index contributed by atoms with van der Waals surface area (Å²) in [6.45, 7) is -1.04. The van der Waals surface area contributed by atoms with Crippen molar-refractivity contribution < 1.29 is 17.9 Å². The number of rotatable bonds is 4. The molecule has 0 saturated heterocycles. The zero-order valence-corrected chi connectivity index (χ0v) is 10.0. The fourth-order valence-corrected chi connectivity index (χ4v) is 1.88. The molecule has 2 heterocycles. The van der Waals surface area contributed by atoms with Gasteiger partial charge in [0.1, 0.15) is 6.61 Å². The van der Waals surface area contributed by atoms with E-state index >= 15 is 0 Å². The fraction of sp³-hybridized carbons (Fsp3) is 0.400. The molecular formula is C10H10F3N3OS. The van der Waals surface area contributed by atoms with Gasteiger partial charge in [-0.05, 0) is 18.3 Å². The van der Waals surface area contributed by atoms with Crippen molar-refractivity contribution in [3.63, 3.8) is 0 Å². The first-order valence-corrected chi connectivity index (χ1v) is 5.55. The molecule has 8 heteroatoms. The third-order valence-electron chi connectivity index (χ3n) is 2.30. The van der Waals surface area contributed by atoms with Crippen molar-refractivity contribution in [3.8, 4) is 0 Å². The van der Waals surface area contributed by atoms with Gasteiger partial charge >= 0.3 is 6.18 Å². The highest BCUT2D eigenvalue weighted by molar-refractivity contribution is 7.71. The van der Waals surface area contributed by atoms with Crippen molar-refractivity contribution in [2.75, 3.05) is 13.2 Å². The molecule has 0 saturated carbocycles. The molecule has 0 radical (unpaired) electrons. The molecule has 18 heavy (non-hydrogen) atoms. The Labute approximate surface area is 105 Å². The van der Waals surface area contributed by atoms with Gasteiger partial charge in [0, 0.05) is 12.7 Å². The number of imidazole rings is 1. The number of ether oxygens (including phenoxy) is 1. The minimum atomic E-state index is -4.30. The van der Waals surface area contributed by atoms with E-state index in [0.717, 1.165) is 11.0 Å². The van der Waals surface area contributed by atoms with Gasteiger partial charge in [-0.2, -0.15) is 13.2 Å². The largest absolute Gasteiger partial charge is 0.411 e. The van der Waals surface area contributed by atoms with Crippen LogP contribution in [-0.2, 0) is 11.3 Å². The lowest BCUT2D eigenvalue weighted by molar-refractivity contribution is -0.174. The van der Waals surface area contributed by atoms with Crippen molar-refractivity contribution in [3.05, 3.63) is 23.2 Å². The Morgan fingerprint density at radius 2 is 2.22 bits per heavy atom. The topological polar surface area (TPSA) is 42.8 Å². The standard InChI is InChI=1S/C10H10F3N3OS/c11-10(12,13)6-17-4-3-16-8-1-2-14-5-7(8)15-9(16)18/h1-2,5H,3-4,6H2,(H,15,18). The lowest BCUT2D eigenvalue weighted by Gasteiger charge is -2.08. The van der Waals surface area contributed by atoms with Crippen LogP contribution in [0.1, 0.15) is 0 Å². The molecule has 1 N–H and O–H groups in total. The van der Waals surface area contributed by atoms with Crippen LogP contribution in [0.5, 0.6) is 0 Å². The highest BCUT2D eigenvalue weighted by Gasteiger charge is 2.27. The average Bonchev–Trinajstić information content (AvgIpc) is 2.59. The van der Waals surface area contributed by atoms with Gasteiger partial charge < -0.3 is 14.3 Å². The SMILES string of the molecule is FC(F)(F)COCCn1c(=S)[nH]c2cnccc21. The molecule has 2 rings (SSSR count). The Hall–Kier alpha value is -1.41. The highest BCUT2D eigenvalue weighted by Crippen LogP contribution is 2.15. The third kappa shape index (κ3) is 3.08. The molecule has 0 unspecified atom stereocenters. The van der Waals surface area contributed by atoms with Crippen LogP contribution in [0.4, 0.5) is 13.2 Å². The van der Waals surface area contributed by atoms with Crippen LogP contribution in [0.3, 0.4) is 0 Å². The lowest BCUT2D eigenvalue weighted by atomic mass is 10.4. The minimum absolute atomic E-state index is 0.0525. The molecule has 0 aromatic carbocycles. The summed E-state index contributed by atoms with van der Waals surface area (Å²) in [4.78, 5) is 6.85. The van der Waals surface area contributed by atoms with E-state index in [-0.39, 0.29) is 13.2 Å². The number of pyridine rings is 1. The highest BCUT2D eigenvalue weighted by atomic mass is 32.1. The van der Waals surface area contributed by atoms with Gasteiger partial charge in [0.05, 0.1) is 23.8 Å². The summed E-state index contributed by atoms with van der Waals surface area (Å²) in [5.74, 6) is 0. The van der Waals surface area contributed by atoms with Gasteiger partial charge in [-0.3, -0.25) is 4.98 Å². The number of aromatic nitrogens is 3. The Morgan fingerprint density at radius 3 is 2.94 bits per heavy atom. The van der Waals surface area contributed by atoms with E-state index in [4.69, 9.17) is 12.2 Å². The fourth-order valence-electron chi connectivity index (χ4n) is 1.58. The minimum Gasteiger partial charge on any atom is -0.370 e. The van der Waals surface area contributed by atoms with Crippen LogP contribution in [0.2, 0.25) is 0 Å². The van der Waals surface area contributed by atoms with Crippen molar-refractivity contribution in [1.29, 1.82) is 0 Å². The third-order valence-corrected chi connectivity index (χ3v) is 2.62. The molecular weight excluding hydrogens is 267 g/mol. The van der Waals surface area contributed by atoms with Gasteiger partial charge in [0.25, 0.3) is 0 Å². The van der Waals surface area contributed by atoms with E-state index in [0.29, 0.717) is 4.77 Å². The van der Waals surface area contributed by atoms with Crippen molar-refractivity contribution in [2.24, 2.45) is 0 Å². The summed E-state index contributed by atoms with van der Waals surface area (Å²) in [5, 5.41) is 0. The lowest BCUT2D eigenvalue weighted by Crippen LogP contribution is -2.19. The normalized spacial score (nSPS) is 12.2. The second-order valence-corrected chi connectivity index (χ2v) is 4.03. The first-order valence-electron chi connectivity index (χ1n) is 5.14. The first-order chi connectivity index (χ1) is 8.47. The van der Waals surface area contributed by atoms with E-state index in [1.807, 2.05) is 0 Å². The van der Waals surface area contributed by atoms with Crippen molar-refractivity contribution >= 4 is 23.3 Å². The van der Waals surface area contributed by atoms with Gasteiger partial charge in [-0.25, -0.2) is 0 Å². The summed E-state index contributed by atoms with van der Waals surface area (Å²) >= 11 is 5.08. The maximum Gasteiger partial charge on any atom is 0.411 e. The molecule has 2 aromatic rings. The predicted octanol–water partition coefficient (Wildman–Crippen LogP) is 2.67. The van der Waals surface area contributed by atoms with Crippen LogP contribution in [0.15, 0.2) is 18.5 Å². The molecule has 0 aliphatic rings. The molecule has 2 aromatic heterocycles. The van der Waals surface area contributed by atoms with Crippen LogP contribution in [0, 0.1) is 4.77 Å². The Kier molecular flexibility index (Phi) is 3.67. The molecule has 0 atom stereocenters. The number of nitrogens with zero attached hydrogens (tertiary/aromatic N) is 2. The van der Waals surface area contributed by atoms with Gasteiger partial charge in [-0.1, -0.05) is 0 Å². The van der Waals surface area contributed by atoms with E-state index in [1.165, 1.54) is 0 Å². The maximum atomic E-state index is 11.9. The number of hydrogen-bond acceptors (Lipinski definition) is 3. The van der Waals surface area contributed by atoms with Crippen molar-refractivity contribution in [1.82, 2.24) is 14.5 Å². The summed E-state index contributed by atoms with van der Waals surface area (Å²) in [6, 6.07) is 1.74. The smallest absolute Gasteiger partial charge is 0.370 e. The van der Waals surface area contributed by atoms with E-state index in [9.17, 15) is 13.2 Å². The molecule has 0 aliphatic heterocycles. The Balaban J connectivity index is 2.04. The number of hydrogen-bond donors (Lipinski definition) is 1. The summed E-state index contributed by atoms with van der Waals surface area (Å²) in [5.41, 5.74) is 1.55. The number of halogens is 3. The van der Waals surface area contributed by atoms with Crippen molar-refractivity contribution in [2.45, 2.75) is 12.7 Å². The number of aromatic amines is 1. The van der Waals surface area contributed by atoms with Gasteiger partial charge in [0.15, 0.2) is 4.77 Å². The zero-order valence-electron chi connectivity index (χ0n) is 9.20. The van der Waals surface area contributed by atoms with Crippen LogP contribution >= 0.6 is 12.2 Å². The second-order valence-electron chi connectivity index (χ2n) is 3.64. The quantitative estimate of drug-likeness (QED) is 0.690. The Bertz CT molecular complexity index is 590. The molecule has 0 amide bonds. The molecule has 0 spiro atoms. The molecule has 0 aliphatic carbocycles. The van der Waals surface area contributed by atoms with E-state index in [1.54, 1.807) is 23.0 Å². The molecule has 0 bridgehead atoms. The predicted molar refractivity (Wildman–Crippen MR) is 61.8 cm³/mol.